The Balaban J connectivity index is 1.40. The molecule has 2 fully saturated rings. The van der Waals surface area contributed by atoms with Crippen LogP contribution in [0.1, 0.15) is 5.56 Å². The third kappa shape index (κ3) is 4.85. The highest BCUT2D eigenvalue weighted by molar-refractivity contribution is 5.74. The molecule has 0 aliphatic carbocycles. The largest absolute Gasteiger partial charge is 0.497 e. The summed E-state index contributed by atoms with van der Waals surface area (Å²) in [6, 6.07) is 7.47. The molecule has 3 atom stereocenters. The molecule has 1 aromatic carbocycles. The first kappa shape index (κ1) is 18.9. The summed E-state index contributed by atoms with van der Waals surface area (Å²) in [6.45, 7) is 3.63. The fraction of sp³-hybridized carbons (Fsp3) is 0.611. The minimum absolute atomic E-state index is 0.140. The number of ether oxygens (including phenoxy) is 3. The maximum absolute atomic E-state index is 12.1. The van der Waals surface area contributed by atoms with Crippen molar-refractivity contribution in [2.24, 2.45) is 0 Å². The van der Waals surface area contributed by atoms with Crippen LogP contribution in [0.4, 0.5) is 4.79 Å². The van der Waals surface area contributed by atoms with Gasteiger partial charge >= 0.3 is 6.03 Å². The smallest absolute Gasteiger partial charge is 0.317 e. The summed E-state index contributed by atoms with van der Waals surface area (Å²) in [5.41, 5.74) is 1.10. The maximum atomic E-state index is 12.1. The highest BCUT2D eigenvalue weighted by atomic mass is 16.5. The first-order valence-electron chi connectivity index (χ1n) is 8.94. The number of nitrogens with zero attached hydrogens (tertiary/aromatic N) is 1. The van der Waals surface area contributed by atoms with Crippen molar-refractivity contribution < 1.29 is 24.1 Å². The van der Waals surface area contributed by atoms with Crippen LogP contribution in [0.3, 0.4) is 0 Å². The van der Waals surface area contributed by atoms with E-state index in [0.717, 1.165) is 11.3 Å². The van der Waals surface area contributed by atoms with Crippen LogP contribution in [0.15, 0.2) is 24.3 Å². The number of rotatable bonds is 6. The number of benzene rings is 1. The van der Waals surface area contributed by atoms with Crippen molar-refractivity contribution in [3.05, 3.63) is 29.8 Å². The van der Waals surface area contributed by atoms with E-state index in [1.54, 1.807) is 12.0 Å². The Bertz CT molecular complexity index is 577. The van der Waals surface area contributed by atoms with E-state index < -0.39 is 12.2 Å². The zero-order valence-electron chi connectivity index (χ0n) is 15.0. The molecule has 0 unspecified atom stereocenters. The summed E-state index contributed by atoms with van der Waals surface area (Å²) in [6.07, 6.45) is -1.08. The van der Waals surface area contributed by atoms with E-state index >= 15 is 0 Å². The van der Waals surface area contributed by atoms with Crippen LogP contribution >= 0.6 is 0 Å². The first-order valence-corrected chi connectivity index (χ1v) is 8.94. The topological polar surface area (TPSA) is 92.3 Å². The summed E-state index contributed by atoms with van der Waals surface area (Å²) in [5.74, 6) is 0.814. The molecule has 0 radical (unpaired) electrons. The number of hydrogen-bond acceptors (Lipinski definition) is 6. The lowest BCUT2D eigenvalue weighted by molar-refractivity contribution is 0.0360. The second-order valence-electron chi connectivity index (χ2n) is 6.48. The summed E-state index contributed by atoms with van der Waals surface area (Å²) in [5, 5.41) is 16.6. The lowest BCUT2D eigenvalue weighted by Gasteiger charge is -2.27. The van der Waals surface area contributed by atoms with Crippen LogP contribution in [0.5, 0.6) is 5.75 Å². The fourth-order valence-electron chi connectivity index (χ4n) is 3.10. The number of morpholine rings is 1. The lowest BCUT2D eigenvalue weighted by Crippen LogP contribution is -2.50. The molecule has 0 spiro atoms. The Hall–Kier alpha value is -1.87. The Labute approximate surface area is 153 Å². The summed E-state index contributed by atoms with van der Waals surface area (Å²) in [7, 11) is 1.64. The van der Waals surface area contributed by atoms with E-state index in [1.165, 1.54) is 0 Å². The van der Waals surface area contributed by atoms with Gasteiger partial charge in [-0.3, -0.25) is 0 Å². The minimum Gasteiger partial charge on any atom is -0.497 e. The van der Waals surface area contributed by atoms with Gasteiger partial charge in [0.1, 0.15) is 11.9 Å². The first-order chi connectivity index (χ1) is 12.7. The molecule has 0 aromatic heterocycles. The van der Waals surface area contributed by atoms with Gasteiger partial charge in [0.25, 0.3) is 0 Å². The van der Waals surface area contributed by atoms with Gasteiger partial charge in [0.05, 0.1) is 39.1 Å². The van der Waals surface area contributed by atoms with Gasteiger partial charge < -0.3 is 34.9 Å². The predicted molar refractivity (Wildman–Crippen MR) is 95.2 cm³/mol. The molecule has 2 aliphatic heterocycles. The third-order valence-corrected chi connectivity index (χ3v) is 4.76. The molecule has 2 heterocycles. The van der Waals surface area contributed by atoms with E-state index in [1.807, 2.05) is 24.3 Å². The normalized spacial score (nSPS) is 25.9. The van der Waals surface area contributed by atoms with E-state index in [9.17, 15) is 9.90 Å². The predicted octanol–water partition coefficient (Wildman–Crippen LogP) is -0.0451. The Morgan fingerprint density at radius 1 is 1.31 bits per heavy atom. The van der Waals surface area contributed by atoms with Crippen LogP contribution in [0.25, 0.3) is 0 Å². The molecule has 2 amide bonds. The number of aliphatic hydroxyl groups is 1. The van der Waals surface area contributed by atoms with Gasteiger partial charge in [-0.15, -0.1) is 0 Å². The number of aliphatic hydroxyl groups excluding tert-OH is 1. The molecule has 0 bridgehead atoms. The molecule has 3 rings (SSSR count). The summed E-state index contributed by atoms with van der Waals surface area (Å²) in [4.78, 5) is 13.8. The van der Waals surface area contributed by atoms with Gasteiger partial charge in [-0.05, 0) is 17.7 Å². The van der Waals surface area contributed by atoms with Crippen molar-refractivity contribution in [2.45, 2.75) is 24.8 Å². The molecule has 1 aromatic rings. The zero-order chi connectivity index (χ0) is 18.4. The van der Waals surface area contributed by atoms with E-state index in [4.69, 9.17) is 14.2 Å². The molecule has 2 aliphatic rings. The molecular formula is C18H27N3O5. The van der Waals surface area contributed by atoms with Crippen LogP contribution < -0.4 is 15.4 Å². The molecular weight excluding hydrogens is 338 g/mol. The van der Waals surface area contributed by atoms with Gasteiger partial charge in [0.2, 0.25) is 0 Å². The highest BCUT2D eigenvalue weighted by Crippen LogP contribution is 2.16. The van der Waals surface area contributed by atoms with Gasteiger partial charge in [-0.25, -0.2) is 4.79 Å². The molecule has 8 nitrogen and oxygen atoms in total. The number of hydrogen-bond donors (Lipinski definition) is 3. The fourth-order valence-corrected chi connectivity index (χ4v) is 3.10. The van der Waals surface area contributed by atoms with E-state index in [-0.39, 0.29) is 18.6 Å². The van der Waals surface area contributed by atoms with Crippen molar-refractivity contribution in [1.82, 2.24) is 15.5 Å². The molecule has 144 valence electrons. The Morgan fingerprint density at radius 2 is 2.04 bits per heavy atom. The standard InChI is InChI=1S/C18H27N3O5/c1-24-14-4-2-13(3-5-14)10-19-15-12-26-16(17(15)22)11-20-18(23)21-6-8-25-9-7-21/h2-5,15-17,19,22H,6-12H2,1H3,(H,20,23)/t15-,16-,17+/m1/s1. The molecule has 3 N–H and O–H groups in total. The number of carbonyl (C=O) groups excluding carboxylic acids is 1. The van der Waals surface area contributed by atoms with Crippen molar-refractivity contribution in [1.29, 1.82) is 0 Å². The van der Waals surface area contributed by atoms with Gasteiger partial charge in [-0.1, -0.05) is 12.1 Å². The van der Waals surface area contributed by atoms with Crippen LogP contribution in [-0.2, 0) is 16.0 Å². The molecule has 8 heteroatoms. The van der Waals surface area contributed by atoms with Gasteiger partial charge in [0, 0.05) is 26.2 Å². The Morgan fingerprint density at radius 3 is 2.73 bits per heavy atom. The third-order valence-electron chi connectivity index (χ3n) is 4.76. The van der Waals surface area contributed by atoms with Gasteiger partial charge in [-0.2, -0.15) is 0 Å². The lowest BCUT2D eigenvalue weighted by atomic mass is 10.1. The van der Waals surface area contributed by atoms with Crippen LogP contribution in [0, 0.1) is 0 Å². The van der Waals surface area contributed by atoms with Crippen LogP contribution in [-0.4, -0.2) is 80.9 Å². The minimum atomic E-state index is -0.668. The Kier molecular flexibility index (Phi) is 6.67. The molecule has 0 saturated carbocycles. The summed E-state index contributed by atoms with van der Waals surface area (Å²) < 4.78 is 16.0. The van der Waals surface area contributed by atoms with E-state index in [0.29, 0.717) is 39.5 Å². The molecule has 26 heavy (non-hydrogen) atoms. The van der Waals surface area contributed by atoms with E-state index in [2.05, 4.69) is 10.6 Å². The monoisotopic (exact) mass is 365 g/mol. The van der Waals surface area contributed by atoms with Crippen LogP contribution in [0.2, 0.25) is 0 Å². The second-order valence-corrected chi connectivity index (χ2v) is 6.48. The average Bonchev–Trinajstić information content (AvgIpc) is 3.05. The quantitative estimate of drug-likeness (QED) is 0.655. The average molecular weight is 365 g/mol. The van der Waals surface area contributed by atoms with Gasteiger partial charge in [0.15, 0.2) is 0 Å². The van der Waals surface area contributed by atoms with Crippen molar-refractivity contribution in [2.75, 3.05) is 46.6 Å². The number of methoxy groups -OCH3 is 1. The van der Waals surface area contributed by atoms with Crippen molar-refractivity contribution in [3.63, 3.8) is 0 Å². The zero-order valence-corrected chi connectivity index (χ0v) is 15.0. The number of nitrogens with one attached hydrogen (secondary N) is 2. The van der Waals surface area contributed by atoms with Crippen molar-refractivity contribution >= 4 is 6.03 Å². The van der Waals surface area contributed by atoms with Crippen molar-refractivity contribution in [3.8, 4) is 5.75 Å². The number of carbonyl (C=O) groups is 1. The maximum Gasteiger partial charge on any atom is 0.317 e. The number of urea groups is 1. The number of amides is 2. The SMILES string of the molecule is COc1ccc(CN[C@@H]2CO[C@H](CNC(=O)N3CCOCC3)[C@H]2O)cc1. The second kappa shape index (κ2) is 9.18. The molecule has 2 saturated heterocycles. The highest BCUT2D eigenvalue weighted by Gasteiger charge is 2.35. The summed E-state index contributed by atoms with van der Waals surface area (Å²) >= 11 is 0.